The highest BCUT2D eigenvalue weighted by Gasteiger charge is 2.31. The van der Waals surface area contributed by atoms with E-state index in [0.29, 0.717) is 12.4 Å². The summed E-state index contributed by atoms with van der Waals surface area (Å²) in [5, 5.41) is 0. The number of nitrogens with zero attached hydrogens (tertiary/aromatic N) is 5. The topological polar surface area (TPSA) is 86.6 Å². The molecule has 1 amide bonds. The number of hydrogen-bond donors (Lipinski definition) is 1. The highest BCUT2D eigenvalue weighted by atomic mass is 16.2. The summed E-state index contributed by atoms with van der Waals surface area (Å²) in [6.45, 7) is 10.8. The van der Waals surface area contributed by atoms with Crippen molar-refractivity contribution in [1.82, 2.24) is 23.9 Å². The van der Waals surface area contributed by atoms with Gasteiger partial charge in [0.15, 0.2) is 0 Å². The zero-order chi connectivity index (χ0) is 22.8. The van der Waals surface area contributed by atoms with Crippen molar-refractivity contribution in [3.05, 3.63) is 50.4 Å². The predicted molar refractivity (Wildman–Crippen MR) is 124 cm³/mol. The minimum absolute atomic E-state index is 0.104. The number of piperazine rings is 1. The number of aryl methyl sites for hydroxylation is 2. The third-order valence-corrected chi connectivity index (χ3v) is 6.98. The van der Waals surface area contributed by atoms with Crippen LogP contribution in [0.3, 0.4) is 0 Å². The Morgan fingerprint density at radius 2 is 1.72 bits per heavy atom. The number of aromatic amines is 1. The first-order chi connectivity index (χ1) is 15.3. The number of piperidine rings is 1. The van der Waals surface area contributed by atoms with E-state index in [1.807, 2.05) is 9.80 Å². The van der Waals surface area contributed by atoms with E-state index in [2.05, 4.69) is 40.4 Å². The molecular weight excluding hydrogens is 408 g/mol. The van der Waals surface area contributed by atoms with Gasteiger partial charge in [-0.3, -0.25) is 24.0 Å². The summed E-state index contributed by atoms with van der Waals surface area (Å²) >= 11 is 0. The van der Waals surface area contributed by atoms with Crippen LogP contribution in [0.1, 0.15) is 24.2 Å². The van der Waals surface area contributed by atoms with Gasteiger partial charge in [-0.2, -0.15) is 0 Å². The normalized spacial score (nSPS) is 20.0. The van der Waals surface area contributed by atoms with Crippen molar-refractivity contribution in [1.29, 1.82) is 0 Å². The first kappa shape index (κ1) is 22.4. The first-order valence-corrected chi connectivity index (χ1v) is 11.5. The summed E-state index contributed by atoms with van der Waals surface area (Å²) in [7, 11) is 1.45. The van der Waals surface area contributed by atoms with E-state index in [-0.39, 0.29) is 17.4 Å². The lowest BCUT2D eigenvalue weighted by Crippen LogP contribution is -2.53. The van der Waals surface area contributed by atoms with E-state index in [4.69, 9.17) is 0 Å². The Morgan fingerprint density at radius 3 is 2.38 bits per heavy atom. The number of aromatic nitrogens is 3. The molecule has 2 saturated heterocycles. The monoisotopic (exact) mass is 442 g/mol. The van der Waals surface area contributed by atoms with Gasteiger partial charge in [-0.1, -0.05) is 0 Å². The van der Waals surface area contributed by atoms with Crippen molar-refractivity contribution in [2.24, 2.45) is 13.0 Å². The molecular formula is C23H34N6O3. The van der Waals surface area contributed by atoms with E-state index in [0.717, 1.165) is 63.2 Å². The maximum Gasteiger partial charge on any atom is 0.329 e. The fourth-order valence-electron chi connectivity index (χ4n) is 4.85. The Labute approximate surface area is 188 Å². The van der Waals surface area contributed by atoms with Crippen LogP contribution in [0.5, 0.6) is 0 Å². The summed E-state index contributed by atoms with van der Waals surface area (Å²) in [5.74, 6) is 0.599. The number of carbonyl (C=O) groups is 1. The quantitative estimate of drug-likeness (QED) is 0.731. The van der Waals surface area contributed by atoms with Gasteiger partial charge in [-0.15, -0.1) is 0 Å². The van der Waals surface area contributed by atoms with E-state index < -0.39 is 5.69 Å². The van der Waals surface area contributed by atoms with Gasteiger partial charge in [0.05, 0.1) is 5.92 Å². The van der Waals surface area contributed by atoms with Gasteiger partial charge in [0.2, 0.25) is 5.91 Å². The molecule has 1 unspecified atom stereocenters. The second-order valence-electron chi connectivity index (χ2n) is 9.08. The Hall–Kier alpha value is -2.81. The molecule has 9 nitrogen and oxygen atoms in total. The number of hydrogen-bond acceptors (Lipinski definition) is 5. The molecule has 9 heteroatoms. The minimum atomic E-state index is -0.428. The maximum atomic E-state index is 13.2. The Kier molecular flexibility index (Phi) is 6.55. The molecule has 2 aromatic heterocycles. The zero-order valence-electron chi connectivity index (χ0n) is 19.3. The highest BCUT2D eigenvalue weighted by Crippen LogP contribution is 2.22. The smallest absolute Gasteiger partial charge is 0.329 e. The van der Waals surface area contributed by atoms with Gasteiger partial charge in [0, 0.05) is 76.9 Å². The van der Waals surface area contributed by atoms with Crippen molar-refractivity contribution in [3.8, 4) is 0 Å². The average Bonchev–Trinajstić information content (AvgIpc) is 3.12. The molecule has 0 saturated carbocycles. The number of anilines is 1. The molecule has 1 N–H and O–H groups in total. The Morgan fingerprint density at radius 1 is 1.03 bits per heavy atom. The van der Waals surface area contributed by atoms with Gasteiger partial charge < -0.3 is 14.4 Å². The summed E-state index contributed by atoms with van der Waals surface area (Å²) in [5.41, 5.74) is 1.81. The summed E-state index contributed by atoms with van der Waals surface area (Å²) < 4.78 is 3.39. The number of amides is 1. The number of carbonyl (C=O) groups excluding carboxylic acids is 1. The lowest BCUT2D eigenvalue weighted by atomic mass is 9.96. The summed E-state index contributed by atoms with van der Waals surface area (Å²) in [4.78, 5) is 46.3. The summed E-state index contributed by atoms with van der Waals surface area (Å²) in [6, 6.07) is 5.76. The Balaban J connectivity index is 1.31. The molecule has 0 aliphatic carbocycles. The largest absolute Gasteiger partial charge is 0.357 e. The zero-order valence-corrected chi connectivity index (χ0v) is 19.3. The fourth-order valence-corrected chi connectivity index (χ4v) is 4.85. The molecule has 32 heavy (non-hydrogen) atoms. The lowest BCUT2D eigenvalue weighted by molar-refractivity contribution is -0.137. The second kappa shape index (κ2) is 9.36. The van der Waals surface area contributed by atoms with Crippen molar-refractivity contribution < 1.29 is 4.79 Å². The van der Waals surface area contributed by atoms with Gasteiger partial charge in [-0.05, 0) is 38.8 Å². The van der Waals surface area contributed by atoms with Crippen molar-refractivity contribution in [2.75, 3.05) is 50.7 Å². The minimum Gasteiger partial charge on any atom is -0.357 e. The molecule has 2 fully saturated rings. The molecule has 0 spiro atoms. The number of nitrogens with one attached hydrogen (secondary N) is 1. The van der Waals surface area contributed by atoms with Crippen LogP contribution in [0.15, 0.2) is 27.8 Å². The van der Waals surface area contributed by atoms with Crippen LogP contribution in [0.4, 0.5) is 5.82 Å². The van der Waals surface area contributed by atoms with Crippen LogP contribution in [0.25, 0.3) is 0 Å². The van der Waals surface area contributed by atoms with Gasteiger partial charge in [0.25, 0.3) is 5.56 Å². The van der Waals surface area contributed by atoms with Crippen molar-refractivity contribution in [3.63, 3.8) is 0 Å². The maximum absolute atomic E-state index is 13.2. The molecule has 2 aliphatic heterocycles. The van der Waals surface area contributed by atoms with E-state index in [9.17, 15) is 14.4 Å². The second-order valence-corrected chi connectivity index (χ2v) is 9.08. The molecule has 4 heterocycles. The Bertz CT molecular complexity index is 1030. The van der Waals surface area contributed by atoms with Gasteiger partial charge >= 0.3 is 5.69 Å². The van der Waals surface area contributed by atoms with E-state index >= 15 is 0 Å². The lowest BCUT2D eigenvalue weighted by Gasteiger charge is -2.39. The molecule has 2 aliphatic rings. The molecule has 2 aromatic rings. The van der Waals surface area contributed by atoms with Crippen molar-refractivity contribution >= 4 is 11.7 Å². The van der Waals surface area contributed by atoms with E-state index in [1.54, 1.807) is 0 Å². The highest BCUT2D eigenvalue weighted by molar-refractivity contribution is 5.80. The molecule has 4 rings (SSSR count). The van der Waals surface area contributed by atoms with Crippen LogP contribution in [0, 0.1) is 19.8 Å². The van der Waals surface area contributed by atoms with E-state index in [1.165, 1.54) is 24.5 Å². The number of H-pyrrole nitrogens is 1. The molecule has 0 bridgehead atoms. The van der Waals surface area contributed by atoms with Crippen LogP contribution < -0.4 is 16.1 Å². The fraction of sp³-hybridized carbons (Fsp3) is 0.609. The van der Waals surface area contributed by atoms with Gasteiger partial charge in [-0.25, -0.2) is 4.79 Å². The third kappa shape index (κ3) is 4.67. The summed E-state index contributed by atoms with van der Waals surface area (Å²) in [6.07, 6.45) is 1.71. The number of rotatable bonds is 5. The predicted octanol–water partition coefficient (Wildman–Crippen LogP) is 0.553. The SMILES string of the molecule is Cc1ccc(C)n1CCN1CCN(C(=O)C2CCCN(c3cc(=O)n(C)c(=O)[nH]3)C2)CC1. The first-order valence-electron chi connectivity index (χ1n) is 11.5. The van der Waals surface area contributed by atoms with Crippen LogP contribution in [0.2, 0.25) is 0 Å². The standard InChI is InChI=1S/C23H34N6O3/c1-17-6-7-18(2)29(17)14-11-26-9-12-27(13-10-26)22(31)19-5-4-8-28(16-19)20-15-21(30)25(3)23(32)24-20/h6-7,15,19H,4-5,8-14,16H2,1-3H3,(H,24,32). The molecule has 174 valence electrons. The molecule has 0 radical (unpaired) electrons. The third-order valence-electron chi connectivity index (χ3n) is 6.98. The van der Waals surface area contributed by atoms with Gasteiger partial charge in [0.1, 0.15) is 5.82 Å². The average molecular weight is 443 g/mol. The molecule has 1 atom stereocenters. The van der Waals surface area contributed by atoms with Crippen LogP contribution >= 0.6 is 0 Å². The van der Waals surface area contributed by atoms with Crippen molar-refractivity contribution in [2.45, 2.75) is 33.2 Å². The molecule has 0 aromatic carbocycles. The van der Waals surface area contributed by atoms with Crippen LogP contribution in [-0.2, 0) is 18.4 Å². The van der Waals surface area contributed by atoms with Crippen LogP contribution in [-0.4, -0.2) is 75.6 Å².